The number of benzene rings is 2. The lowest BCUT2D eigenvalue weighted by molar-refractivity contribution is 0.111. The van der Waals surface area contributed by atoms with Crippen molar-refractivity contribution in [2.75, 3.05) is 18.5 Å². The summed E-state index contributed by atoms with van der Waals surface area (Å²) in [6, 6.07) is 5.74. The molecule has 12 heteroatoms. The largest absolute Gasteiger partial charge is 0.497 e. The molecule has 0 spiro atoms. The summed E-state index contributed by atoms with van der Waals surface area (Å²) in [5.41, 5.74) is -0.163. The van der Waals surface area contributed by atoms with Crippen LogP contribution in [0, 0.1) is 11.6 Å². The van der Waals surface area contributed by atoms with E-state index in [2.05, 4.69) is 9.36 Å². The van der Waals surface area contributed by atoms with Gasteiger partial charge in [0.15, 0.2) is 6.29 Å². The number of halogens is 2. The zero-order valence-corrected chi connectivity index (χ0v) is 17.3. The fraction of sp³-hybridized carbons (Fsp3) is 0.167. The van der Waals surface area contributed by atoms with Gasteiger partial charge in [-0.15, -0.1) is 0 Å². The molecule has 0 aliphatic heterocycles. The van der Waals surface area contributed by atoms with Crippen molar-refractivity contribution in [1.29, 1.82) is 0 Å². The van der Waals surface area contributed by atoms with E-state index >= 15 is 0 Å². The second-order valence-corrected chi connectivity index (χ2v) is 8.42. The number of ether oxygens (including phenoxy) is 2. The lowest BCUT2D eigenvalue weighted by Gasteiger charge is -2.23. The lowest BCUT2D eigenvalue weighted by Crippen LogP contribution is -2.31. The van der Waals surface area contributed by atoms with Crippen LogP contribution in [0.5, 0.6) is 11.5 Å². The van der Waals surface area contributed by atoms with Gasteiger partial charge in [0.2, 0.25) is 5.13 Å². The molecule has 3 aromatic rings. The van der Waals surface area contributed by atoms with Gasteiger partial charge in [-0.05, 0) is 18.2 Å². The topological polar surface area (TPSA) is 98.7 Å². The molecule has 0 fully saturated rings. The van der Waals surface area contributed by atoms with Crippen LogP contribution in [-0.2, 0) is 16.6 Å². The van der Waals surface area contributed by atoms with Crippen LogP contribution in [0.2, 0.25) is 0 Å². The maximum Gasteiger partial charge on any atom is 0.269 e. The van der Waals surface area contributed by atoms with Crippen LogP contribution in [0.15, 0.2) is 41.6 Å². The van der Waals surface area contributed by atoms with Gasteiger partial charge in [-0.2, -0.15) is 4.37 Å². The number of sulfonamides is 1. The van der Waals surface area contributed by atoms with Gasteiger partial charge >= 0.3 is 0 Å². The number of anilines is 1. The molecular formula is C18H15F2N3O5S2. The quantitative estimate of drug-likeness (QED) is 0.482. The first-order chi connectivity index (χ1) is 14.3. The standard InChI is InChI=1S/C18H15F2N3O5S2/c1-27-13-4-3-11(16(6-13)28-2)8-23(18-21-10-22-29-18)30(25,26)17-5-12(9-24)14(19)7-15(17)20/h3-7,9-10H,8H2,1-2H3. The first kappa shape index (κ1) is 21.6. The van der Waals surface area contributed by atoms with E-state index in [0.29, 0.717) is 29.2 Å². The van der Waals surface area contributed by atoms with Gasteiger partial charge < -0.3 is 9.47 Å². The van der Waals surface area contributed by atoms with Crippen LogP contribution in [0.4, 0.5) is 13.9 Å². The van der Waals surface area contributed by atoms with E-state index in [0.717, 1.165) is 22.2 Å². The molecule has 30 heavy (non-hydrogen) atoms. The van der Waals surface area contributed by atoms with Crippen LogP contribution in [0.1, 0.15) is 15.9 Å². The van der Waals surface area contributed by atoms with Gasteiger partial charge in [-0.3, -0.25) is 4.79 Å². The molecule has 0 unspecified atom stereocenters. The second-order valence-electron chi connectivity index (χ2n) is 5.84. The third-order valence-electron chi connectivity index (χ3n) is 4.12. The molecule has 0 saturated heterocycles. The third kappa shape index (κ3) is 4.09. The molecular weight excluding hydrogens is 440 g/mol. The SMILES string of the molecule is COc1ccc(CN(c2ncns2)S(=O)(=O)c2cc(C=O)c(F)cc2F)c(OC)c1. The maximum atomic E-state index is 14.4. The maximum absolute atomic E-state index is 14.4. The molecule has 3 rings (SSSR count). The summed E-state index contributed by atoms with van der Waals surface area (Å²) in [6.45, 7) is -0.294. The van der Waals surface area contributed by atoms with E-state index in [4.69, 9.17) is 9.47 Å². The average Bonchev–Trinajstić information content (AvgIpc) is 3.26. The molecule has 1 heterocycles. The molecule has 0 radical (unpaired) electrons. The van der Waals surface area contributed by atoms with Crippen molar-refractivity contribution < 1.29 is 31.5 Å². The number of carbonyl (C=O) groups is 1. The number of carbonyl (C=O) groups excluding carboxylic acids is 1. The van der Waals surface area contributed by atoms with Crippen molar-refractivity contribution in [1.82, 2.24) is 9.36 Å². The minimum absolute atomic E-state index is 0.0516. The molecule has 0 atom stereocenters. The van der Waals surface area contributed by atoms with E-state index in [9.17, 15) is 22.0 Å². The second kappa shape index (κ2) is 8.71. The molecule has 158 valence electrons. The summed E-state index contributed by atoms with van der Waals surface area (Å²) >= 11 is 0.766. The van der Waals surface area contributed by atoms with Gasteiger partial charge in [0.25, 0.3) is 10.0 Å². The molecule has 0 amide bonds. The first-order valence-electron chi connectivity index (χ1n) is 8.26. The van der Waals surface area contributed by atoms with Crippen LogP contribution >= 0.6 is 11.5 Å². The Kier molecular flexibility index (Phi) is 6.27. The van der Waals surface area contributed by atoms with E-state index in [1.165, 1.54) is 14.2 Å². The van der Waals surface area contributed by atoms with E-state index in [1.54, 1.807) is 18.2 Å². The summed E-state index contributed by atoms with van der Waals surface area (Å²) < 4.78 is 69.7. The number of aromatic nitrogens is 2. The Bertz CT molecular complexity index is 1170. The minimum atomic E-state index is -4.59. The lowest BCUT2D eigenvalue weighted by atomic mass is 10.2. The van der Waals surface area contributed by atoms with Crippen molar-refractivity contribution in [2.24, 2.45) is 0 Å². The van der Waals surface area contributed by atoms with Crippen LogP contribution in [-0.4, -0.2) is 38.3 Å². The Labute approximate surface area is 174 Å². The number of rotatable bonds is 8. The fourth-order valence-electron chi connectivity index (χ4n) is 2.62. The molecule has 1 aromatic heterocycles. The first-order valence-corrected chi connectivity index (χ1v) is 10.5. The predicted octanol–water partition coefficient (Wildman–Crippen LogP) is 3.04. The summed E-state index contributed by atoms with van der Waals surface area (Å²) in [5.74, 6) is -1.69. The van der Waals surface area contributed by atoms with Crippen LogP contribution in [0.3, 0.4) is 0 Å². The van der Waals surface area contributed by atoms with E-state index in [1.807, 2.05) is 0 Å². The fourth-order valence-corrected chi connectivity index (χ4v) is 4.83. The number of aldehydes is 1. The van der Waals surface area contributed by atoms with Crippen molar-refractivity contribution in [2.45, 2.75) is 11.4 Å². The summed E-state index contributed by atoms with van der Waals surface area (Å²) in [7, 11) is -1.72. The van der Waals surface area contributed by atoms with E-state index in [-0.39, 0.29) is 18.0 Å². The van der Waals surface area contributed by atoms with Crippen molar-refractivity contribution in [3.63, 3.8) is 0 Å². The molecule has 8 nitrogen and oxygen atoms in total. The summed E-state index contributed by atoms with van der Waals surface area (Å²) in [6.07, 6.45) is 1.25. The molecule has 0 N–H and O–H groups in total. The monoisotopic (exact) mass is 455 g/mol. The highest BCUT2D eigenvalue weighted by molar-refractivity contribution is 7.93. The highest BCUT2D eigenvalue weighted by Gasteiger charge is 2.32. The van der Waals surface area contributed by atoms with Crippen molar-refractivity contribution >= 4 is 33.0 Å². The zero-order chi connectivity index (χ0) is 21.9. The Morgan fingerprint density at radius 2 is 1.90 bits per heavy atom. The van der Waals surface area contributed by atoms with Crippen molar-refractivity contribution in [3.8, 4) is 11.5 Å². The Morgan fingerprint density at radius 3 is 2.50 bits per heavy atom. The zero-order valence-electron chi connectivity index (χ0n) is 15.7. The Morgan fingerprint density at radius 1 is 1.13 bits per heavy atom. The van der Waals surface area contributed by atoms with Gasteiger partial charge in [0.1, 0.15) is 34.4 Å². The van der Waals surface area contributed by atoms with Gasteiger partial charge in [-0.1, -0.05) is 0 Å². The Balaban J connectivity index is 2.13. The highest BCUT2D eigenvalue weighted by Crippen LogP contribution is 2.32. The predicted molar refractivity (Wildman–Crippen MR) is 105 cm³/mol. The summed E-state index contributed by atoms with van der Waals surface area (Å²) in [5, 5.41) is -0.0516. The normalized spacial score (nSPS) is 11.2. The highest BCUT2D eigenvalue weighted by atomic mass is 32.2. The third-order valence-corrected chi connectivity index (χ3v) is 6.67. The van der Waals surface area contributed by atoms with Crippen LogP contribution in [0.25, 0.3) is 0 Å². The number of hydrogen-bond donors (Lipinski definition) is 0. The van der Waals surface area contributed by atoms with Gasteiger partial charge in [0, 0.05) is 29.2 Å². The molecule has 0 aliphatic carbocycles. The number of nitrogens with zero attached hydrogens (tertiary/aromatic N) is 3. The smallest absolute Gasteiger partial charge is 0.269 e. The Hall–Kier alpha value is -3.12. The molecule has 0 saturated carbocycles. The molecule has 2 aromatic carbocycles. The molecule has 0 aliphatic rings. The van der Waals surface area contributed by atoms with Crippen molar-refractivity contribution in [3.05, 3.63) is 59.4 Å². The number of methoxy groups -OCH3 is 2. The van der Waals surface area contributed by atoms with E-state index < -0.39 is 32.1 Å². The van der Waals surface area contributed by atoms with Crippen LogP contribution < -0.4 is 13.8 Å². The van der Waals surface area contributed by atoms with Gasteiger partial charge in [-0.25, -0.2) is 26.5 Å². The average molecular weight is 455 g/mol. The van der Waals surface area contributed by atoms with Gasteiger partial charge in [0.05, 0.1) is 26.3 Å². The summed E-state index contributed by atoms with van der Waals surface area (Å²) in [4.78, 5) is 14.1. The number of hydrogen-bond acceptors (Lipinski definition) is 8. The molecule has 0 bridgehead atoms. The minimum Gasteiger partial charge on any atom is -0.497 e.